The first-order valence-corrected chi connectivity index (χ1v) is 3.60. The number of nitrogens with one attached hydrogen (secondary N) is 1. The Labute approximate surface area is 57.2 Å². The Kier molecular flexibility index (Phi) is 2.53. The summed E-state index contributed by atoms with van der Waals surface area (Å²) in [5.41, 5.74) is 5.26. The summed E-state index contributed by atoms with van der Waals surface area (Å²) in [6.45, 7) is 0.672. The maximum atomic E-state index is 5.26. The molecule has 5 heteroatoms. The van der Waals surface area contributed by atoms with Crippen LogP contribution >= 0.6 is 11.8 Å². The zero-order valence-corrected chi connectivity index (χ0v) is 5.69. The molecule has 0 atom stereocenters. The van der Waals surface area contributed by atoms with Crippen molar-refractivity contribution in [1.82, 2.24) is 15.2 Å². The van der Waals surface area contributed by atoms with Crippen molar-refractivity contribution in [3.8, 4) is 0 Å². The van der Waals surface area contributed by atoms with Gasteiger partial charge in [0.25, 0.3) is 0 Å². The van der Waals surface area contributed by atoms with E-state index in [0.717, 1.165) is 10.9 Å². The molecule has 0 aromatic carbocycles. The minimum absolute atomic E-state index is 0.672. The molecule has 0 amide bonds. The van der Waals surface area contributed by atoms with E-state index < -0.39 is 0 Å². The molecule has 0 radical (unpaired) electrons. The van der Waals surface area contributed by atoms with Crippen LogP contribution < -0.4 is 5.73 Å². The smallest absolute Gasteiger partial charge is 0.183 e. The summed E-state index contributed by atoms with van der Waals surface area (Å²) in [6.07, 6.45) is 1.48. The van der Waals surface area contributed by atoms with Crippen LogP contribution in [0.3, 0.4) is 0 Å². The molecule has 0 saturated heterocycles. The maximum Gasteiger partial charge on any atom is 0.183 e. The number of aromatic amines is 1. The lowest BCUT2D eigenvalue weighted by Crippen LogP contribution is -2.01. The van der Waals surface area contributed by atoms with E-state index in [-0.39, 0.29) is 0 Å². The first kappa shape index (κ1) is 6.57. The molecule has 4 nitrogen and oxygen atoms in total. The molecule has 1 heterocycles. The highest BCUT2D eigenvalue weighted by molar-refractivity contribution is 7.99. The molecule has 1 aromatic heterocycles. The quantitative estimate of drug-likeness (QED) is 0.579. The molecular weight excluding hydrogens is 136 g/mol. The van der Waals surface area contributed by atoms with Crippen molar-refractivity contribution in [3.63, 3.8) is 0 Å². The molecule has 0 spiro atoms. The van der Waals surface area contributed by atoms with Gasteiger partial charge in [-0.25, -0.2) is 4.98 Å². The second kappa shape index (κ2) is 3.47. The number of hydrogen-bond acceptors (Lipinski definition) is 4. The highest BCUT2D eigenvalue weighted by Crippen LogP contribution is 2.07. The van der Waals surface area contributed by atoms with Crippen LogP contribution in [0.2, 0.25) is 0 Å². The summed E-state index contributed by atoms with van der Waals surface area (Å²) in [6, 6.07) is 0. The van der Waals surface area contributed by atoms with Gasteiger partial charge >= 0.3 is 0 Å². The van der Waals surface area contributed by atoms with E-state index in [2.05, 4.69) is 15.2 Å². The van der Waals surface area contributed by atoms with Gasteiger partial charge in [0.2, 0.25) is 0 Å². The van der Waals surface area contributed by atoms with Crippen LogP contribution in [-0.4, -0.2) is 27.5 Å². The highest BCUT2D eigenvalue weighted by atomic mass is 32.2. The SMILES string of the molecule is NCCSc1ncn[nH]1. The summed E-state index contributed by atoms with van der Waals surface area (Å²) in [7, 11) is 0. The third-order valence-corrected chi connectivity index (χ3v) is 1.66. The van der Waals surface area contributed by atoms with Crippen LogP contribution in [0, 0.1) is 0 Å². The third-order valence-electron chi connectivity index (χ3n) is 0.750. The van der Waals surface area contributed by atoms with Crippen LogP contribution in [0.5, 0.6) is 0 Å². The minimum atomic E-state index is 0.672. The summed E-state index contributed by atoms with van der Waals surface area (Å²) in [5.74, 6) is 0.884. The molecule has 0 saturated carbocycles. The van der Waals surface area contributed by atoms with Crippen LogP contribution in [0.15, 0.2) is 11.5 Å². The van der Waals surface area contributed by atoms with Crippen molar-refractivity contribution in [2.24, 2.45) is 5.73 Å². The van der Waals surface area contributed by atoms with Crippen molar-refractivity contribution < 1.29 is 0 Å². The number of rotatable bonds is 3. The largest absolute Gasteiger partial charge is 0.330 e. The Morgan fingerprint density at radius 3 is 3.22 bits per heavy atom. The van der Waals surface area contributed by atoms with Gasteiger partial charge in [0.05, 0.1) is 0 Å². The van der Waals surface area contributed by atoms with E-state index in [0.29, 0.717) is 6.54 Å². The van der Waals surface area contributed by atoms with Gasteiger partial charge < -0.3 is 5.73 Å². The van der Waals surface area contributed by atoms with Gasteiger partial charge in [0.1, 0.15) is 6.33 Å². The fraction of sp³-hybridized carbons (Fsp3) is 0.500. The summed E-state index contributed by atoms with van der Waals surface area (Å²) >= 11 is 1.57. The average Bonchev–Trinajstić information content (AvgIpc) is 2.34. The van der Waals surface area contributed by atoms with E-state index in [1.54, 1.807) is 11.8 Å². The van der Waals surface area contributed by atoms with Crippen molar-refractivity contribution in [3.05, 3.63) is 6.33 Å². The normalized spacial score (nSPS) is 9.89. The predicted octanol–water partition coefficient (Wildman–Crippen LogP) is -0.145. The summed E-state index contributed by atoms with van der Waals surface area (Å²) in [5, 5.41) is 7.23. The van der Waals surface area contributed by atoms with Gasteiger partial charge in [-0.2, -0.15) is 5.10 Å². The Morgan fingerprint density at radius 2 is 2.67 bits per heavy atom. The van der Waals surface area contributed by atoms with Crippen LogP contribution in [0.4, 0.5) is 0 Å². The second-order valence-corrected chi connectivity index (χ2v) is 2.51. The molecule has 9 heavy (non-hydrogen) atoms. The van der Waals surface area contributed by atoms with Crippen molar-refractivity contribution in [1.29, 1.82) is 0 Å². The topological polar surface area (TPSA) is 67.6 Å². The van der Waals surface area contributed by atoms with E-state index in [4.69, 9.17) is 5.73 Å². The highest BCUT2D eigenvalue weighted by Gasteiger charge is 1.91. The second-order valence-electron chi connectivity index (χ2n) is 1.43. The monoisotopic (exact) mass is 144 g/mol. The van der Waals surface area contributed by atoms with Crippen LogP contribution in [0.1, 0.15) is 0 Å². The Hall–Kier alpha value is -0.550. The molecule has 0 aliphatic heterocycles. The van der Waals surface area contributed by atoms with E-state index in [1.165, 1.54) is 6.33 Å². The molecule has 0 aliphatic carbocycles. The Bertz CT molecular complexity index is 150. The average molecular weight is 144 g/mol. The molecule has 3 N–H and O–H groups in total. The van der Waals surface area contributed by atoms with Gasteiger partial charge in [0, 0.05) is 12.3 Å². The molecule has 1 rings (SSSR count). The fourth-order valence-electron chi connectivity index (χ4n) is 0.419. The molecule has 0 aliphatic rings. The Balaban J connectivity index is 2.30. The van der Waals surface area contributed by atoms with Gasteiger partial charge in [-0.05, 0) is 0 Å². The standard InChI is InChI=1S/C4H8N4S/c5-1-2-9-4-6-3-7-8-4/h3H,1-2,5H2,(H,6,7,8). The number of hydrogen-bond donors (Lipinski definition) is 2. The van der Waals surface area contributed by atoms with E-state index in [9.17, 15) is 0 Å². The molecule has 50 valence electrons. The predicted molar refractivity (Wildman–Crippen MR) is 36.2 cm³/mol. The zero-order chi connectivity index (χ0) is 6.53. The van der Waals surface area contributed by atoms with Crippen molar-refractivity contribution in [2.75, 3.05) is 12.3 Å². The first-order valence-electron chi connectivity index (χ1n) is 2.61. The number of thioether (sulfide) groups is 1. The van der Waals surface area contributed by atoms with Crippen molar-refractivity contribution in [2.45, 2.75) is 5.16 Å². The Morgan fingerprint density at radius 1 is 1.78 bits per heavy atom. The van der Waals surface area contributed by atoms with Gasteiger partial charge in [-0.1, -0.05) is 11.8 Å². The van der Waals surface area contributed by atoms with Gasteiger partial charge in [0.15, 0.2) is 5.16 Å². The van der Waals surface area contributed by atoms with Crippen LogP contribution in [0.25, 0.3) is 0 Å². The number of aromatic nitrogens is 3. The summed E-state index contributed by atoms with van der Waals surface area (Å²) < 4.78 is 0. The lowest BCUT2D eigenvalue weighted by atomic mass is 10.8. The molecule has 0 bridgehead atoms. The molecule has 0 unspecified atom stereocenters. The van der Waals surface area contributed by atoms with Gasteiger partial charge in [-0.15, -0.1) is 0 Å². The van der Waals surface area contributed by atoms with Crippen molar-refractivity contribution >= 4 is 11.8 Å². The maximum absolute atomic E-state index is 5.26. The van der Waals surface area contributed by atoms with E-state index >= 15 is 0 Å². The number of nitrogens with two attached hydrogens (primary N) is 1. The molecule has 1 aromatic rings. The fourth-order valence-corrected chi connectivity index (χ4v) is 0.970. The molecular formula is C4H8N4S. The van der Waals surface area contributed by atoms with Crippen LogP contribution in [-0.2, 0) is 0 Å². The van der Waals surface area contributed by atoms with Gasteiger partial charge in [-0.3, -0.25) is 5.10 Å². The first-order chi connectivity index (χ1) is 4.43. The number of H-pyrrole nitrogens is 1. The number of nitrogens with zero attached hydrogens (tertiary/aromatic N) is 2. The third kappa shape index (κ3) is 2.03. The minimum Gasteiger partial charge on any atom is -0.330 e. The lowest BCUT2D eigenvalue weighted by molar-refractivity contribution is 0.971. The lowest BCUT2D eigenvalue weighted by Gasteiger charge is -1.89. The van der Waals surface area contributed by atoms with E-state index in [1.807, 2.05) is 0 Å². The molecule has 0 fully saturated rings. The zero-order valence-electron chi connectivity index (χ0n) is 4.87. The summed E-state index contributed by atoms with van der Waals surface area (Å²) in [4.78, 5) is 3.89.